The van der Waals surface area contributed by atoms with E-state index in [0.29, 0.717) is 37.2 Å². The second-order valence-electron chi connectivity index (χ2n) is 6.58. The quantitative estimate of drug-likeness (QED) is 0.818. The van der Waals surface area contributed by atoms with Gasteiger partial charge in [0.2, 0.25) is 0 Å². The predicted molar refractivity (Wildman–Crippen MR) is 87.5 cm³/mol. The number of nitrogens with one attached hydrogen (secondary N) is 1. The molecule has 8 heteroatoms. The fourth-order valence-electron chi connectivity index (χ4n) is 3.53. The first kappa shape index (κ1) is 18.5. The highest BCUT2D eigenvalue weighted by Crippen LogP contribution is 2.40. The van der Waals surface area contributed by atoms with Gasteiger partial charge in [0.25, 0.3) is 5.91 Å². The van der Waals surface area contributed by atoms with Crippen molar-refractivity contribution in [1.82, 2.24) is 10.2 Å². The second-order valence-corrected chi connectivity index (χ2v) is 6.99. The van der Waals surface area contributed by atoms with Crippen molar-refractivity contribution in [1.29, 1.82) is 0 Å². The van der Waals surface area contributed by atoms with E-state index < -0.39 is 23.9 Å². The first-order chi connectivity index (χ1) is 11.7. The summed E-state index contributed by atoms with van der Waals surface area (Å²) in [6, 6.07) is 1.68. The molecule has 4 nitrogen and oxygen atoms in total. The Morgan fingerprint density at radius 2 is 2.04 bits per heavy atom. The first-order valence-corrected chi connectivity index (χ1v) is 8.62. The molecule has 2 aliphatic heterocycles. The van der Waals surface area contributed by atoms with Gasteiger partial charge in [-0.1, -0.05) is 11.6 Å². The number of carbonyl (C=O) groups is 1. The number of halogens is 4. The van der Waals surface area contributed by atoms with Crippen LogP contribution in [0.4, 0.5) is 13.2 Å². The van der Waals surface area contributed by atoms with E-state index in [2.05, 4.69) is 5.32 Å². The van der Waals surface area contributed by atoms with Crippen LogP contribution in [0.2, 0.25) is 5.02 Å². The Morgan fingerprint density at radius 1 is 1.32 bits per heavy atom. The summed E-state index contributed by atoms with van der Waals surface area (Å²) in [6.07, 6.45) is -4.74. The van der Waals surface area contributed by atoms with Crippen LogP contribution in [0.5, 0.6) is 0 Å². The number of benzene rings is 1. The number of hydrogen-bond acceptors (Lipinski definition) is 3. The van der Waals surface area contributed by atoms with Crippen LogP contribution in [0.15, 0.2) is 12.1 Å². The normalized spacial score (nSPS) is 27.1. The van der Waals surface area contributed by atoms with E-state index in [-0.39, 0.29) is 17.0 Å². The third-order valence-electron chi connectivity index (χ3n) is 4.77. The molecule has 0 bridgehead atoms. The minimum atomic E-state index is -4.44. The Bertz CT molecular complexity index is 681. The summed E-state index contributed by atoms with van der Waals surface area (Å²) < 4.78 is 44.6. The van der Waals surface area contributed by atoms with Gasteiger partial charge in [-0.15, -0.1) is 0 Å². The zero-order valence-corrected chi connectivity index (χ0v) is 14.7. The molecule has 2 aliphatic rings. The molecule has 2 heterocycles. The molecular formula is C17H20ClF3N2O2. The summed E-state index contributed by atoms with van der Waals surface area (Å²) in [7, 11) is 0. The third kappa shape index (κ3) is 3.64. The highest BCUT2D eigenvalue weighted by Gasteiger charge is 2.38. The number of ether oxygens (including phenoxy) is 1. The molecule has 1 aromatic carbocycles. The molecule has 3 rings (SSSR count). The lowest BCUT2D eigenvalue weighted by atomic mass is 9.91. The molecule has 0 spiro atoms. The van der Waals surface area contributed by atoms with Crippen LogP contribution >= 0.6 is 11.6 Å². The standard InChI is InChI=1S/C17H20ClF3N2O2/c1-9-7-22-8-14(25-9)16(24)23-4-3-11-5-12(17(19,20)21)6-13(18)15(11)10(23)2/h5-6,9-10,14,22H,3-4,7-8H2,1-2H3/t9-,10?,14-/m1/s1. The maximum absolute atomic E-state index is 13.0. The maximum Gasteiger partial charge on any atom is 0.416 e. The molecule has 3 atom stereocenters. The van der Waals surface area contributed by atoms with Crippen LogP contribution in [-0.2, 0) is 22.1 Å². The molecule has 1 fully saturated rings. The first-order valence-electron chi connectivity index (χ1n) is 8.24. The maximum atomic E-state index is 13.0. The Labute approximate surface area is 149 Å². The van der Waals surface area contributed by atoms with E-state index in [0.717, 1.165) is 12.1 Å². The van der Waals surface area contributed by atoms with E-state index in [4.69, 9.17) is 16.3 Å². The van der Waals surface area contributed by atoms with E-state index in [1.807, 2.05) is 6.92 Å². The van der Waals surface area contributed by atoms with E-state index in [1.54, 1.807) is 11.8 Å². The van der Waals surface area contributed by atoms with Crippen molar-refractivity contribution < 1.29 is 22.7 Å². The topological polar surface area (TPSA) is 41.6 Å². The molecule has 25 heavy (non-hydrogen) atoms. The molecule has 1 amide bonds. The molecule has 138 valence electrons. The summed E-state index contributed by atoms with van der Waals surface area (Å²) >= 11 is 6.15. The molecular weight excluding hydrogens is 357 g/mol. The third-order valence-corrected chi connectivity index (χ3v) is 5.08. The van der Waals surface area contributed by atoms with Gasteiger partial charge in [-0.2, -0.15) is 13.2 Å². The minimum Gasteiger partial charge on any atom is -0.363 e. The van der Waals surface area contributed by atoms with Gasteiger partial charge in [0.1, 0.15) is 6.10 Å². The van der Waals surface area contributed by atoms with Crippen LogP contribution in [0.25, 0.3) is 0 Å². The summed E-state index contributed by atoms with van der Waals surface area (Å²) in [5, 5.41) is 3.20. The van der Waals surface area contributed by atoms with Gasteiger partial charge < -0.3 is 15.0 Å². The Kier molecular flexibility index (Phi) is 5.01. The smallest absolute Gasteiger partial charge is 0.363 e. The van der Waals surface area contributed by atoms with Crippen LogP contribution in [-0.4, -0.2) is 42.6 Å². The number of rotatable bonds is 1. The van der Waals surface area contributed by atoms with Gasteiger partial charge in [-0.05, 0) is 43.5 Å². The number of fused-ring (bicyclic) bond motifs is 1. The van der Waals surface area contributed by atoms with Gasteiger partial charge in [0, 0.05) is 24.7 Å². The molecule has 0 radical (unpaired) electrons. The Balaban J connectivity index is 1.86. The highest BCUT2D eigenvalue weighted by molar-refractivity contribution is 6.31. The molecule has 0 saturated carbocycles. The van der Waals surface area contributed by atoms with Crippen molar-refractivity contribution in [3.8, 4) is 0 Å². The second kappa shape index (κ2) is 6.78. The lowest BCUT2D eigenvalue weighted by molar-refractivity contribution is -0.152. The fraction of sp³-hybridized carbons (Fsp3) is 0.588. The van der Waals surface area contributed by atoms with Crippen LogP contribution in [0.3, 0.4) is 0 Å². The van der Waals surface area contributed by atoms with Crippen molar-refractivity contribution in [2.24, 2.45) is 0 Å². The number of amides is 1. The monoisotopic (exact) mass is 376 g/mol. The Morgan fingerprint density at radius 3 is 2.68 bits per heavy atom. The summed E-state index contributed by atoms with van der Waals surface area (Å²) in [5.74, 6) is -0.159. The van der Waals surface area contributed by atoms with Gasteiger partial charge >= 0.3 is 6.18 Å². The van der Waals surface area contributed by atoms with Crippen LogP contribution < -0.4 is 5.32 Å². The number of morpholine rings is 1. The van der Waals surface area contributed by atoms with Crippen molar-refractivity contribution in [3.63, 3.8) is 0 Å². The number of nitrogens with zero attached hydrogens (tertiary/aromatic N) is 1. The SMILES string of the molecule is CC1c2c(Cl)cc(C(F)(F)F)cc2CCN1C(=O)[C@H]1CNC[C@@H](C)O1. The average molecular weight is 377 g/mol. The predicted octanol–water partition coefficient (Wildman–Crippen LogP) is 3.18. The number of hydrogen-bond donors (Lipinski definition) is 1. The van der Waals surface area contributed by atoms with E-state index in [1.165, 1.54) is 0 Å². The van der Waals surface area contributed by atoms with Crippen molar-refractivity contribution in [3.05, 3.63) is 33.8 Å². The van der Waals surface area contributed by atoms with Gasteiger partial charge in [-0.25, -0.2) is 0 Å². The molecule has 1 aromatic rings. The molecule has 1 unspecified atom stereocenters. The largest absolute Gasteiger partial charge is 0.416 e. The van der Waals surface area contributed by atoms with Crippen LogP contribution in [0, 0.1) is 0 Å². The van der Waals surface area contributed by atoms with Gasteiger partial charge in [0.15, 0.2) is 0 Å². The zero-order valence-electron chi connectivity index (χ0n) is 14.0. The van der Waals surface area contributed by atoms with Gasteiger partial charge in [-0.3, -0.25) is 4.79 Å². The molecule has 0 aromatic heterocycles. The van der Waals surface area contributed by atoms with E-state index >= 15 is 0 Å². The lowest BCUT2D eigenvalue weighted by Crippen LogP contribution is -2.53. The molecule has 1 saturated heterocycles. The number of carbonyl (C=O) groups excluding carboxylic acids is 1. The average Bonchev–Trinajstić information content (AvgIpc) is 2.53. The highest BCUT2D eigenvalue weighted by atomic mass is 35.5. The minimum absolute atomic E-state index is 0.0471. The fourth-order valence-corrected chi connectivity index (χ4v) is 3.93. The molecule has 1 N–H and O–H groups in total. The van der Waals surface area contributed by atoms with Crippen molar-refractivity contribution >= 4 is 17.5 Å². The summed E-state index contributed by atoms with van der Waals surface area (Å²) in [4.78, 5) is 14.4. The number of alkyl halides is 3. The van der Waals surface area contributed by atoms with E-state index in [9.17, 15) is 18.0 Å². The molecule has 0 aliphatic carbocycles. The van der Waals surface area contributed by atoms with Crippen LogP contribution in [0.1, 0.15) is 36.6 Å². The zero-order chi connectivity index (χ0) is 18.4. The lowest BCUT2D eigenvalue weighted by Gasteiger charge is -2.39. The summed E-state index contributed by atoms with van der Waals surface area (Å²) in [6.45, 7) is 5.14. The Hall–Kier alpha value is -1.31. The van der Waals surface area contributed by atoms with Gasteiger partial charge in [0.05, 0.1) is 17.7 Å². The summed E-state index contributed by atoms with van der Waals surface area (Å²) in [5.41, 5.74) is 0.385. The van der Waals surface area contributed by atoms with Crippen molar-refractivity contribution in [2.75, 3.05) is 19.6 Å². The van der Waals surface area contributed by atoms with Crippen molar-refractivity contribution in [2.45, 2.75) is 44.7 Å².